The largest absolute Gasteiger partial charge is 0.478 e. The molecular formula is C26H25N2O6S+. The zero-order chi connectivity index (χ0) is 25.3. The first kappa shape index (κ1) is 24.3. The molecule has 0 aliphatic rings. The second-order valence-corrected chi connectivity index (χ2v) is 9.93. The third-order valence-electron chi connectivity index (χ3n) is 5.90. The summed E-state index contributed by atoms with van der Waals surface area (Å²) in [4.78, 5) is 26.3. The van der Waals surface area contributed by atoms with Crippen molar-refractivity contribution in [1.29, 1.82) is 0 Å². The minimum absolute atomic E-state index is 0.120. The maximum absolute atomic E-state index is 12.7. The average Bonchev–Trinajstić information content (AvgIpc) is 2.82. The van der Waals surface area contributed by atoms with E-state index in [1.807, 2.05) is 60.1 Å². The molecule has 0 saturated carbocycles. The molecular weight excluding hydrogens is 468 g/mol. The number of aromatic carboxylic acids is 1. The maximum atomic E-state index is 12.7. The van der Waals surface area contributed by atoms with Gasteiger partial charge in [-0.15, -0.1) is 0 Å². The predicted octanol–water partition coefficient (Wildman–Crippen LogP) is 3.23. The molecule has 0 aliphatic heterocycles. The van der Waals surface area contributed by atoms with E-state index < -0.39 is 16.1 Å². The van der Waals surface area contributed by atoms with Crippen LogP contribution in [-0.2, 0) is 21.3 Å². The van der Waals surface area contributed by atoms with Crippen LogP contribution in [0.1, 0.15) is 20.7 Å². The summed E-state index contributed by atoms with van der Waals surface area (Å²) in [6.45, 7) is 0.00335. The van der Waals surface area contributed by atoms with Gasteiger partial charge in [0, 0.05) is 25.2 Å². The highest BCUT2D eigenvalue weighted by atomic mass is 32.2. The summed E-state index contributed by atoms with van der Waals surface area (Å²) in [5, 5.41) is 11.3. The van der Waals surface area contributed by atoms with Crippen molar-refractivity contribution in [2.24, 2.45) is 7.05 Å². The molecule has 3 aromatic carbocycles. The van der Waals surface area contributed by atoms with Gasteiger partial charge in [0.05, 0.1) is 34.8 Å². The fourth-order valence-corrected chi connectivity index (χ4v) is 4.63. The van der Waals surface area contributed by atoms with E-state index >= 15 is 0 Å². The minimum Gasteiger partial charge on any atom is -0.478 e. The first-order chi connectivity index (χ1) is 16.6. The molecule has 35 heavy (non-hydrogen) atoms. The van der Waals surface area contributed by atoms with Crippen molar-refractivity contribution >= 4 is 43.8 Å². The van der Waals surface area contributed by atoms with Crippen molar-refractivity contribution in [3.63, 3.8) is 0 Å². The lowest BCUT2D eigenvalue weighted by Crippen LogP contribution is -2.32. The molecule has 4 rings (SSSR count). The molecule has 1 N–H and O–H groups in total. The van der Waals surface area contributed by atoms with Crippen LogP contribution in [0.15, 0.2) is 66.7 Å². The molecule has 0 fully saturated rings. The molecule has 1 amide bonds. The molecule has 0 atom stereocenters. The molecule has 0 radical (unpaired) electrons. The number of carbonyl (C=O) groups is 2. The Morgan fingerprint density at radius 1 is 0.971 bits per heavy atom. The van der Waals surface area contributed by atoms with Gasteiger partial charge in [-0.1, -0.05) is 30.3 Å². The molecule has 0 saturated heterocycles. The van der Waals surface area contributed by atoms with E-state index in [-0.39, 0.29) is 24.6 Å². The lowest BCUT2D eigenvalue weighted by molar-refractivity contribution is -0.617. The van der Waals surface area contributed by atoms with Crippen molar-refractivity contribution in [2.45, 2.75) is 0 Å². The second-order valence-electron chi connectivity index (χ2n) is 8.29. The number of amides is 1. The Morgan fingerprint density at radius 2 is 1.63 bits per heavy atom. The summed E-state index contributed by atoms with van der Waals surface area (Å²) < 4.78 is 28.9. The van der Waals surface area contributed by atoms with Gasteiger partial charge in [0.1, 0.15) is 7.05 Å². The number of benzene rings is 3. The van der Waals surface area contributed by atoms with Crippen LogP contribution in [0.3, 0.4) is 0 Å². The zero-order valence-corrected chi connectivity index (χ0v) is 20.4. The van der Waals surface area contributed by atoms with E-state index in [9.17, 15) is 23.1 Å². The Balaban J connectivity index is 1.73. The smallest absolute Gasteiger partial charge is 0.337 e. The summed E-state index contributed by atoms with van der Waals surface area (Å²) in [6, 6.07) is 20.0. The molecule has 0 unspecified atom stereocenters. The number of fused-ring (bicyclic) bond motifs is 2. The number of para-hydroxylation sites is 2. The number of hydrogen-bond acceptors (Lipinski definition) is 5. The van der Waals surface area contributed by atoms with E-state index in [0.29, 0.717) is 16.3 Å². The summed E-state index contributed by atoms with van der Waals surface area (Å²) >= 11 is 0. The topological polar surface area (TPSA) is 105 Å². The van der Waals surface area contributed by atoms with Crippen LogP contribution >= 0.6 is 0 Å². The quantitative estimate of drug-likeness (QED) is 0.241. The summed E-state index contributed by atoms with van der Waals surface area (Å²) in [5.74, 6) is -1.26. The Morgan fingerprint density at radius 3 is 2.29 bits per heavy atom. The Kier molecular flexibility index (Phi) is 6.56. The molecule has 1 aromatic heterocycles. The van der Waals surface area contributed by atoms with Crippen molar-refractivity contribution in [2.75, 3.05) is 26.5 Å². The fourth-order valence-electron chi connectivity index (χ4n) is 4.25. The average molecular weight is 494 g/mol. The molecule has 9 heteroatoms. The Labute approximate surface area is 203 Å². The number of pyridine rings is 1. The number of hydrogen-bond donors (Lipinski definition) is 1. The lowest BCUT2D eigenvalue weighted by Gasteiger charge is -2.17. The van der Waals surface area contributed by atoms with Crippen LogP contribution in [0.5, 0.6) is 0 Å². The highest BCUT2D eigenvalue weighted by Gasteiger charge is 2.24. The third-order valence-corrected chi connectivity index (χ3v) is 6.50. The van der Waals surface area contributed by atoms with Crippen LogP contribution in [0.4, 0.5) is 0 Å². The van der Waals surface area contributed by atoms with E-state index in [1.54, 1.807) is 25.2 Å². The van der Waals surface area contributed by atoms with E-state index in [4.69, 9.17) is 4.18 Å². The third kappa shape index (κ3) is 4.87. The Bertz CT molecular complexity index is 1560. The highest BCUT2D eigenvalue weighted by Crippen LogP contribution is 2.32. The number of likely N-dealkylation sites (N-methyl/N-ethyl adjacent to an activating group) is 1. The van der Waals surface area contributed by atoms with Crippen molar-refractivity contribution in [3.05, 3.63) is 77.9 Å². The van der Waals surface area contributed by atoms with E-state index in [2.05, 4.69) is 0 Å². The van der Waals surface area contributed by atoms with Gasteiger partial charge >= 0.3 is 5.97 Å². The van der Waals surface area contributed by atoms with Crippen molar-refractivity contribution in [3.8, 4) is 11.1 Å². The monoisotopic (exact) mass is 493 g/mol. The molecule has 1 heterocycles. The number of carboxylic acid groups (broad SMARTS) is 1. The molecule has 180 valence electrons. The molecule has 0 bridgehead atoms. The minimum atomic E-state index is -3.57. The van der Waals surface area contributed by atoms with Gasteiger partial charge in [0.25, 0.3) is 16.0 Å². The molecule has 8 nitrogen and oxygen atoms in total. The number of aromatic nitrogens is 1. The molecule has 0 spiro atoms. The first-order valence-electron chi connectivity index (χ1n) is 10.9. The standard InChI is InChI=1S/C26H24N2O6S/c1-27(15-16-34-35(3,32)33)25(29)18-13-11-17(12-14-18)19-8-6-9-21-23(26(30)31)20-7-4-5-10-22(20)28(2)24(19)21/h4-14H,15-16H2,1-3H3/p+1. The van der Waals surface area contributed by atoms with Gasteiger partial charge in [-0.3, -0.25) is 8.98 Å². The normalized spacial score (nSPS) is 11.6. The van der Waals surface area contributed by atoms with Crippen LogP contribution in [0.25, 0.3) is 32.9 Å². The maximum Gasteiger partial charge on any atom is 0.337 e. The summed E-state index contributed by atoms with van der Waals surface area (Å²) in [5.41, 5.74) is 3.94. The van der Waals surface area contributed by atoms with Gasteiger partial charge in [-0.2, -0.15) is 13.0 Å². The van der Waals surface area contributed by atoms with Gasteiger partial charge in [-0.25, -0.2) is 4.79 Å². The zero-order valence-electron chi connectivity index (χ0n) is 19.6. The second kappa shape index (κ2) is 9.44. The number of carboxylic acids is 1. The van der Waals surface area contributed by atoms with Crippen LogP contribution < -0.4 is 4.57 Å². The number of nitrogens with zero attached hydrogens (tertiary/aromatic N) is 2. The fraction of sp³-hybridized carbons (Fsp3) is 0.192. The SMILES string of the molecule is CN(CCOS(C)(=O)=O)C(=O)c1ccc(-c2cccc3c(C(=O)O)c4ccccc4[n+](C)c23)cc1. The first-order valence-corrected chi connectivity index (χ1v) is 12.7. The van der Waals surface area contributed by atoms with Crippen molar-refractivity contribution < 1.29 is 31.9 Å². The lowest BCUT2D eigenvalue weighted by atomic mass is 9.95. The number of rotatable bonds is 7. The Hall–Kier alpha value is -3.82. The molecule has 4 aromatic rings. The molecule has 0 aliphatic carbocycles. The summed E-state index contributed by atoms with van der Waals surface area (Å²) in [7, 11) is -0.0845. The summed E-state index contributed by atoms with van der Waals surface area (Å²) in [6.07, 6.45) is 0.961. The van der Waals surface area contributed by atoms with Crippen molar-refractivity contribution in [1.82, 2.24) is 4.90 Å². The number of aryl methyl sites for hydroxylation is 1. The predicted molar refractivity (Wildman–Crippen MR) is 133 cm³/mol. The van der Waals surface area contributed by atoms with Gasteiger partial charge in [0.2, 0.25) is 11.0 Å². The van der Waals surface area contributed by atoms with E-state index in [0.717, 1.165) is 28.4 Å². The van der Waals surface area contributed by atoms with Crippen LogP contribution in [-0.4, -0.2) is 56.8 Å². The van der Waals surface area contributed by atoms with Gasteiger partial charge < -0.3 is 10.0 Å². The van der Waals surface area contributed by atoms with E-state index in [1.165, 1.54) is 4.90 Å². The van der Waals surface area contributed by atoms with Crippen LogP contribution in [0, 0.1) is 0 Å². The van der Waals surface area contributed by atoms with Gasteiger partial charge in [-0.05, 0) is 35.9 Å². The highest BCUT2D eigenvalue weighted by molar-refractivity contribution is 7.85. The van der Waals surface area contributed by atoms with Gasteiger partial charge in [0.15, 0.2) is 0 Å². The number of carbonyl (C=O) groups excluding carboxylic acids is 1. The van der Waals surface area contributed by atoms with Crippen LogP contribution in [0.2, 0.25) is 0 Å².